The van der Waals surface area contributed by atoms with Crippen LogP contribution in [-0.4, -0.2) is 17.7 Å². The summed E-state index contributed by atoms with van der Waals surface area (Å²) in [6.07, 6.45) is 1.04. The largest absolute Gasteiger partial charge is 0.494 e. The van der Waals surface area contributed by atoms with Gasteiger partial charge in [-0.1, -0.05) is 27.7 Å². The fourth-order valence-electron chi connectivity index (χ4n) is 2.91. The van der Waals surface area contributed by atoms with Crippen molar-refractivity contribution in [1.29, 1.82) is 0 Å². The van der Waals surface area contributed by atoms with E-state index in [2.05, 4.69) is 62.7 Å². The average molecular weight is 302 g/mol. The molecule has 1 aromatic heterocycles. The number of rotatable bonds is 8. The van der Waals surface area contributed by atoms with Crippen LogP contribution in [0.5, 0.6) is 5.75 Å². The van der Waals surface area contributed by atoms with Gasteiger partial charge in [0.25, 0.3) is 0 Å². The minimum absolute atomic E-state index is 0.636. The second kappa shape index (κ2) is 7.68. The molecule has 1 N–H and O–H groups in total. The number of aromatic nitrogens is 1. The summed E-state index contributed by atoms with van der Waals surface area (Å²) >= 11 is 0. The molecule has 0 amide bonds. The third-order valence-electron chi connectivity index (χ3n) is 4.00. The van der Waals surface area contributed by atoms with Crippen molar-refractivity contribution in [2.45, 2.75) is 54.1 Å². The summed E-state index contributed by atoms with van der Waals surface area (Å²) in [7, 11) is 0. The van der Waals surface area contributed by atoms with Crippen LogP contribution in [-0.2, 0) is 13.1 Å². The van der Waals surface area contributed by atoms with Gasteiger partial charge in [0.15, 0.2) is 0 Å². The topological polar surface area (TPSA) is 26.2 Å². The molecule has 0 aliphatic carbocycles. The molecular formula is C19H30N2O. The summed E-state index contributed by atoms with van der Waals surface area (Å²) in [6.45, 7) is 14.8. The number of nitrogens with zero attached hydrogens (tertiary/aromatic N) is 1. The number of hydrogen-bond donors (Lipinski definition) is 1. The lowest BCUT2D eigenvalue weighted by Crippen LogP contribution is -2.13. The van der Waals surface area contributed by atoms with Crippen molar-refractivity contribution >= 4 is 10.9 Å². The van der Waals surface area contributed by atoms with Crippen molar-refractivity contribution in [3.8, 4) is 5.75 Å². The summed E-state index contributed by atoms with van der Waals surface area (Å²) in [5.41, 5.74) is 4.10. The van der Waals surface area contributed by atoms with Gasteiger partial charge in [-0.05, 0) is 49.6 Å². The predicted molar refractivity (Wildman–Crippen MR) is 94.7 cm³/mol. The minimum atomic E-state index is 0.636. The van der Waals surface area contributed by atoms with Gasteiger partial charge >= 0.3 is 0 Å². The third-order valence-corrected chi connectivity index (χ3v) is 4.00. The monoisotopic (exact) mass is 302 g/mol. The maximum Gasteiger partial charge on any atom is 0.120 e. The van der Waals surface area contributed by atoms with Crippen molar-refractivity contribution in [3.05, 3.63) is 29.5 Å². The van der Waals surface area contributed by atoms with Crippen molar-refractivity contribution < 1.29 is 4.74 Å². The molecule has 2 rings (SSSR count). The molecule has 0 aliphatic heterocycles. The predicted octanol–water partition coefficient (Wildman–Crippen LogP) is 4.50. The molecule has 0 spiro atoms. The van der Waals surface area contributed by atoms with Crippen LogP contribution >= 0.6 is 0 Å². The van der Waals surface area contributed by atoms with Crippen LogP contribution < -0.4 is 10.1 Å². The summed E-state index contributed by atoms with van der Waals surface area (Å²) in [4.78, 5) is 0. The summed E-state index contributed by atoms with van der Waals surface area (Å²) in [6, 6.07) is 6.53. The molecule has 0 bridgehead atoms. The van der Waals surface area contributed by atoms with Gasteiger partial charge in [-0.15, -0.1) is 0 Å². The van der Waals surface area contributed by atoms with Crippen molar-refractivity contribution in [2.24, 2.45) is 5.92 Å². The Kier molecular flexibility index (Phi) is 5.90. The van der Waals surface area contributed by atoms with Gasteiger partial charge in [-0.2, -0.15) is 0 Å². The Morgan fingerprint density at radius 1 is 1.23 bits per heavy atom. The van der Waals surface area contributed by atoms with Crippen molar-refractivity contribution in [1.82, 2.24) is 9.88 Å². The van der Waals surface area contributed by atoms with Crippen LogP contribution in [0, 0.1) is 12.8 Å². The lowest BCUT2D eigenvalue weighted by molar-refractivity contribution is 0.318. The zero-order chi connectivity index (χ0) is 16.1. The summed E-state index contributed by atoms with van der Waals surface area (Å²) in [5.74, 6) is 1.62. The Morgan fingerprint density at radius 3 is 2.64 bits per heavy atom. The van der Waals surface area contributed by atoms with E-state index in [1.54, 1.807) is 0 Å². The van der Waals surface area contributed by atoms with E-state index >= 15 is 0 Å². The first-order valence-electron chi connectivity index (χ1n) is 8.53. The minimum Gasteiger partial charge on any atom is -0.494 e. The SMILES string of the molecule is CCCOc1ccc2c(c1)c(CNCC)c(C)n2CC(C)C. The van der Waals surface area contributed by atoms with Crippen LogP contribution in [0.4, 0.5) is 0 Å². The van der Waals surface area contributed by atoms with E-state index in [0.29, 0.717) is 5.92 Å². The Hall–Kier alpha value is -1.48. The number of ether oxygens (including phenoxy) is 1. The molecule has 2 aromatic rings. The summed E-state index contributed by atoms with van der Waals surface area (Å²) < 4.78 is 8.28. The van der Waals surface area contributed by atoms with Crippen LogP contribution in [0.2, 0.25) is 0 Å². The molecule has 0 saturated carbocycles. The van der Waals surface area contributed by atoms with E-state index < -0.39 is 0 Å². The number of hydrogen-bond acceptors (Lipinski definition) is 2. The Labute approximate surface area is 134 Å². The lowest BCUT2D eigenvalue weighted by atomic mass is 10.1. The van der Waals surface area contributed by atoms with Gasteiger partial charge in [0.1, 0.15) is 5.75 Å². The van der Waals surface area contributed by atoms with Crippen molar-refractivity contribution in [2.75, 3.05) is 13.2 Å². The normalized spacial score (nSPS) is 11.5. The van der Waals surface area contributed by atoms with Gasteiger partial charge in [0.05, 0.1) is 6.61 Å². The molecule has 122 valence electrons. The molecule has 0 atom stereocenters. The summed E-state index contributed by atoms with van der Waals surface area (Å²) in [5, 5.41) is 4.80. The molecule has 0 unspecified atom stereocenters. The molecule has 0 radical (unpaired) electrons. The molecule has 0 aliphatic rings. The lowest BCUT2D eigenvalue weighted by Gasteiger charge is -2.12. The van der Waals surface area contributed by atoms with Gasteiger partial charge in [-0.3, -0.25) is 0 Å². The van der Waals surface area contributed by atoms with E-state index in [-0.39, 0.29) is 0 Å². The molecule has 0 saturated heterocycles. The molecule has 0 fully saturated rings. The van der Waals surface area contributed by atoms with E-state index in [1.807, 2.05) is 0 Å². The second-order valence-electron chi connectivity index (χ2n) is 6.38. The smallest absolute Gasteiger partial charge is 0.120 e. The maximum atomic E-state index is 5.82. The molecule has 22 heavy (non-hydrogen) atoms. The molecule has 1 aromatic carbocycles. The van der Waals surface area contributed by atoms with Gasteiger partial charge < -0.3 is 14.6 Å². The third kappa shape index (κ3) is 3.64. The molecule has 3 heteroatoms. The highest BCUT2D eigenvalue weighted by Crippen LogP contribution is 2.30. The highest BCUT2D eigenvalue weighted by Gasteiger charge is 2.15. The van der Waals surface area contributed by atoms with E-state index in [4.69, 9.17) is 4.74 Å². The Balaban J connectivity index is 2.48. The zero-order valence-corrected chi connectivity index (χ0v) is 14.7. The molecule has 1 heterocycles. The van der Waals surface area contributed by atoms with Crippen LogP contribution in [0.3, 0.4) is 0 Å². The van der Waals surface area contributed by atoms with Crippen LogP contribution in [0.25, 0.3) is 10.9 Å². The standard InChI is InChI=1S/C19H30N2O/c1-6-10-22-16-8-9-19-17(11-16)18(12-20-7-2)15(5)21(19)13-14(3)4/h8-9,11,14,20H,6-7,10,12-13H2,1-5H3. The van der Waals surface area contributed by atoms with Gasteiger partial charge in [0.2, 0.25) is 0 Å². The quantitative estimate of drug-likeness (QED) is 0.777. The van der Waals surface area contributed by atoms with Crippen LogP contribution in [0.1, 0.15) is 45.4 Å². The average Bonchev–Trinajstić information content (AvgIpc) is 2.74. The first-order valence-corrected chi connectivity index (χ1v) is 8.53. The number of benzene rings is 1. The Morgan fingerprint density at radius 2 is 2.00 bits per heavy atom. The number of nitrogens with one attached hydrogen (secondary N) is 1. The highest BCUT2D eigenvalue weighted by atomic mass is 16.5. The van der Waals surface area contributed by atoms with E-state index in [0.717, 1.165) is 38.4 Å². The maximum absolute atomic E-state index is 5.82. The van der Waals surface area contributed by atoms with Crippen molar-refractivity contribution in [3.63, 3.8) is 0 Å². The fourth-order valence-corrected chi connectivity index (χ4v) is 2.91. The Bertz CT molecular complexity index is 613. The fraction of sp³-hybridized carbons (Fsp3) is 0.579. The molecule has 3 nitrogen and oxygen atoms in total. The van der Waals surface area contributed by atoms with E-state index in [1.165, 1.54) is 22.2 Å². The number of fused-ring (bicyclic) bond motifs is 1. The zero-order valence-electron chi connectivity index (χ0n) is 14.7. The second-order valence-corrected chi connectivity index (χ2v) is 6.38. The van der Waals surface area contributed by atoms with Gasteiger partial charge in [0, 0.05) is 29.7 Å². The highest BCUT2D eigenvalue weighted by molar-refractivity contribution is 5.87. The first kappa shape index (κ1) is 16.9. The first-order chi connectivity index (χ1) is 10.6. The van der Waals surface area contributed by atoms with Crippen LogP contribution in [0.15, 0.2) is 18.2 Å². The molecular weight excluding hydrogens is 272 g/mol. The van der Waals surface area contributed by atoms with E-state index in [9.17, 15) is 0 Å². The van der Waals surface area contributed by atoms with Gasteiger partial charge in [-0.25, -0.2) is 0 Å².